The molecule has 1 aliphatic rings. The van der Waals surface area contributed by atoms with Crippen molar-refractivity contribution in [3.8, 4) is 0 Å². The van der Waals surface area contributed by atoms with Crippen LogP contribution in [-0.4, -0.2) is 32.5 Å². The Balaban J connectivity index is 1.78. The third-order valence-corrected chi connectivity index (χ3v) is 2.81. The molecule has 1 fully saturated rings. The first-order valence-electron chi connectivity index (χ1n) is 5.81. The van der Waals surface area contributed by atoms with Gasteiger partial charge >= 0.3 is 5.97 Å². The number of carbonyl (C=O) groups excluding carboxylic acids is 1. The van der Waals surface area contributed by atoms with Crippen molar-refractivity contribution >= 4 is 23.2 Å². The summed E-state index contributed by atoms with van der Waals surface area (Å²) < 4.78 is 4.95. The normalized spacial score (nSPS) is 20.3. The van der Waals surface area contributed by atoms with E-state index >= 15 is 0 Å². The van der Waals surface area contributed by atoms with Gasteiger partial charge in [0.15, 0.2) is 11.5 Å². The predicted molar refractivity (Wildman–Crippen MR) is 64.4 cm³/mol. The summed E-state index contributed by atoms with van der Waals surface area (Å²) in [6.45, 7) is 2.22. The van der Waals surface area contributed by atoms with Crippen molar-refractivity contribution in [2.75, 3.05) is 6.61 Å². The van der Waals surface area contributed by atoms with Gasteiger partial charge in [-0.25, -0.2) is 15.0 Å². The highest BCUT2D eigenvalue weighted by Crippen LogP contribution is 2.39. The van der Waals surface area contributed by atoms with Gasteiger partial charge in [-0.3, -0.25) is 4.79 Å². The Bertz CT molecular complexity index is 632. The minimum absolute atomic E-state index is 0.106. The fourth-order valence-corrected chi connectivity index (χ4v) is 1.80. The first kappa shape index (κ1) is 10.9. The fraction of sp³-hybridized carbons (Fsp3) is 0.333. The molecule has 0 aliphatic heterocycles. The lowest BCUT2D eigenvalue weighted by molar-refractivity contribution is -0.144. The summed E-state index contributed by atoms with van der Waals surface area (Å²) in [7, 11) is 0. The maximum atomic E-state index is 11.5. The second-order valence-electron chi connectivity index (χ2n) is 4.09. The lowest BCUT2D eigenvalue weighted by atomic mass is 10.3. The average Bonchev–Trinajstić information content (AvgIpc) is 2.97. The third-order valence-electron chi connectivity index (χ3n) is 2.81. The highest BCUT2D eigenvalue weighted by molar-refractivity contribution is 5.83. The number of rotatable bonds is 3. The van der Waals surface area contributed by atoms with Crippen LogP contribution >= 0.6 is 0 Å². The van der Waals surface area contributed by atoms with Crippen LogP contribution in [0.2, 0.25) is 0 Å². The zero-order valence-corrected chi connectivity index (χ0v) is 9.88. The van der Waals surface area contributed by atoms with Crippen LogP contribution in [0.15, 0.2) is 18.1 Å². The maximum Gasteiger partial charge on any atom is 0.313 e. The summed E-state index contributed by atoms with van der Waals surface area (Å²) in [6, 6.07) is 0. The predicted octanol–water partition coefficient (Wildman–Crippen LogP) is 1.32. The van der Waals surface area contributed by atoms with Gasteiger partial charge in [-0.05, 0) is 19.4 Å². The van der Waals surface area contributed by atoms with E-state index in [2.05, 4.69) is 19.9 Å². The number of imidazole rings is 1. The van der Waals surface area contributed by atoms with Gasteiger partial charge in [0.25, 0.3) is 0 Å². The minimum Gasteiger partial charge on any atom is -0.466 e. The summed E-state index contributed by atoms with van der Waals surface area (Å²) in [5.74, 6) is 0.325. The first-order valence-corrected chi connectivity index (χ1v) is 5.81. The number of hydrogen-bond donors (Lipinski definition) is 1. The van der Waals surface area contributed by atoms with E-state index < -0.39 is 0 Å². The van der Waals surface area contributed by atoms with Crippen molar-refractivity contribution in [1.82, 2.24) is 19.9 Å². The highest BCUT2D eigenvalue weighted by Gasteiger charge is 2.38. The number of aromatic amines is 1. The number of carbonyl (C=O) groups is 1. The molecule has 1 unspecified atom stereocenters. The van der Waals surface area contributed by atoms with Gasteiger partial charge in [0.05, 0.1) is 25.0 Å². The smallest absolute Gasteiger partial charge is 0.313 e. The van der Waals surface area contributed by atoms with Crippen LogP contribution in [-0.2, 0) is 9.53 Å². The molecule has 6 heteroatoms. The van der Waals surface area contributed by atoms with Crippen LogP contribution < -0.4 is 0 Å². The molecule has 1 atom stereocenters. The van der Waals surface area contributed by atoms with Gasteiger partial charge in [0.2, 0.25) is 0 Å². The van der Waals surface area contributed by atoms with Gasteiger partial charge in [0.1, 0.15) is 5.52 Å². The number of aromatic nitrogens is 4. The molecule has 0 saturated heterocycles. The molecule has 2 aromatic heterocycles. The summed E-state index contributed by atoms with van der Waals surface area (Å²) in [5, 5.41) is 0. The Morgan fingerprint density at radius 3 is 3.33 bits per heavy atom. The molecule has 1 N–H and O–H groups in total. The number of H-pyrrole nitrogens is 1. The number of hydrogen-bond acceptors (Lipinski definition) is 5. The molecule has 2 heterocycles. The summed E-state index contributed by atoms with van der Waals surface area (Å²) in [4.78, 5) is 26.9. The molecule has 6 nitrogen and oxygen atoms in total. The van der Waals surface area contributed by atoms with Gasteiger partial charge in [0, 0.05) is 0 Å². The van der Waals surface area contributed by atoms with Gasteiger partial charge in [-0.2, -0.15) is 0 Å². The second-order valence-corrected chi connectivity index (χ2v) is 4.09. The van der Waals surface area contributed by atoms with E-state index in [-0.39, 0.29) is 11.9 Å². The van der Waals surface area contributed by atoms with Crippen molar-refractivity contribution in [2.24, 2.45) is 5.92 Å². The summed E-state index contributed by atoms with van der Waals surface area (Å²) in [5.41, 5.74) is 2.45. The second kappa shape index (κ2) is 4.21. The zero-order valence-electron chi connectivity index (χ0n) is 9.88. The van der Waals surface area contributed by atoms with E-state index in [0.29, 0.717) is 18.1 Å². The Labute approximate surface area is 103 Å². The third kappa shape index (κ3) is 1.97. The van der Waals surface area contributed by atoms with Gasteiger partial charge < -0.3 is 9.72 Å². The molecule has 3 rings (SSSR count). The van der Waals surface area contributed by atoms with Crippen molar-refractivity contribution in [3.63, 3.8) is 0 Å². The summed E-state index contributed by atoms with van der Waals surface area (Å²) in [6.07, 6.45) is 5.81. The van der Waals surface area contributed by atoms with Crippen LogP contribution in [0.25, 0.3) is 17.2 Å². The van der Waals surface area contributed by atoms with Crippen LogP contribution in [0, 0.1) is 5.92 Å². The maximum absolute atomic E-state index is 11.5. The average molecular weight is 244 g/mol. The lowest BCUT2D eigenvalue weighted by Crippen LogP contribution is -2.05. The molecule has 0 radical (unpaired) electrons. The van der Waals surface area contributed by atoms with Crippen molar-refractivity contribution < 1.29 is 9.53 Å². The van der Waals surface area contributed by atoms with E-state index in [1.807, 2.05) is 6.08 Å². The molecule has 0 aromatic carbocycles. The SMILES string of the molecule is CCOC(=O)C1C/C1=C\c1ncc2nc[nH]c2n1. The number of fused-ring (bicyclic) bond motifs is 1. The van der Waals surface area contributed by atoms with Crippen LogP contribution in [0.1, 0.15) is 19.2 Å². The molecular formula is C12H12N4O2. The van der Waals surface area contributed by atoms with E-state index in [4.69, 9.17) is 4.74 Å². The zero-order chi connectivity index (χ0) is 12.5. The standard InChI is InChI=1S/C12H12N4O2/c1-2-18-12(17)8-3-7(8)4-10-13-5-9-11(16-10)15-6-14-9/h4-6,8H,2-3H2,1H3,(H,13,14,15,16)/b7-4+. The van der Waals surface area contributed by atoms with Crippen molar-refractivity contribution in [2.45, 2.75) is 13.3 Å². The number of nitrogens with one attached hydrogen (secondary N) is 1. The molecule has 0 bridgehead atoms. The lowest BCUT2D eigenvalue weighted by Gasteiger charge is -1.96. The van der Waals surface area contributed by atoms with Crippen molar-refractivity contribution in [3.05, 3.63) is 23.9 Å². The molecule has 92 valence electrons. The van der Waals surface area contributed by atoms with E-state index in [9.17, 15) is 4.79 Å². The van der Waals surface area contributed by atoms with Crippen LogP contribution in [0.3, 0.4) is 0 Å². The number of nitrogens with zero attached hydrogens (tertiary/aromatic N) is 3. The van der Waals surface area contributed by atoms with Gasteiger partial charge in [-0.15, -0.1) is 0 Å². The van der Waals surface area contributed by atoms with E-state index in [1.165, 1.54) is 0 Å². The monoisotopic (exact) mass is 244 g/mol. The first-order chi connectivity index (χ1) is 8.78. The molecular weight excluding hydrogens is 232 g/mol. The van der Waals surface area contributed by atoms with Crippen molar-refractivity contribution in [1.29, 1.82) is 0 Å². The van der Waals surface area contributed by atoms with E-state index in [1.54, 1.807) is 19.4 Å². The Morgan fingerprint density at radius 2 is 2.50 bits per heavy atom. The quantitative estimate of drug-likeness (QED) is 0.823. The van der Waals surface area contributed by atoms with Crippen LogP contribution in [0.4, 0.5) is 0 Å². The molecule has 2 aromatic rings. The van der Waals surface area contributed by atoms with Crippen LogP contribution in [0.5, 0.6) is 0 Å². The fourth-order valence-electron chi connectivity index (χ4n) is 1.80. The molecule has 0 spiro atoms. The minimum atomic E-state index is -0.161. The molecule has 1 aliphatic carbocycles. The largest absolute Gasteiger partial charge is 0.466 e. The van der Waals surface area contributed by atoms with E-state index in [0.717, 1.165) is 17.5 Å². The summed E-state index contributed by atoms with van der Waals surface area (Å²) >= 11 is 0. The topological polar surface area (TPSA) is 80.8 Å². The molecule has 18 heavy (non-hydrogen) atoms. The number of esters is 1. The van der Waals surface area contributed by atoms with Gasteiger partial charge in [-0.1, -0.05) is 5.57 Å². The number of ether oxygens (including phenoxy) is 1. The Kier molecular flexibility index (Phi) is 2.55. The molecule has 0 amide bonds. The Hall–Kier alpha value is -2.24. The molecule has 1 saturated carbocycles. The highest BCUT2D eigenvalue weighted by atomic mass is 16.5. The Morgan fingerprint density at radius 1 is 1.61 bits per heavy atom.